The molecule has 0 saturated carbocycles. The number of hydrogen-bond donors (Lipinski definition) is 1. The molecule has 16 heavy (non-hydrogen) atoms. The molecule has 0 aliphatic carbocycles. The summed E-state index contributed by atoms with van der Waals surface area (Å²) in [4.78, 5) is 0. The minimum Gasteiger partial charge on any atom is -0.319 e. The van der Waals surface area contributed by atoms with Crippen molar-refractivity contribution < 1.29 is 4.39 Å². The Bertz CT molecular complexity index is 341. The molecule has 0 amide bonds. The van der Waals surface area contributed by atoms with Gasteiger partial charge in [-0.15, -0.1) is 0 Å². The van der Waals surface area contributed by atoms with E-state index >= 15 is 0 Å². The number of benzene rings is 1. The molecule has 90 valence electrons. The standard InChI is InChI=1S/C13H19ClFN/c1-9(10(2)8-16-3)7-11-5-4-6-12(14)13(11)15/h4-6,9-10,16H,7-8H2,1-3H3. The van der Waals surface area contributed by atoms with Crippen LogP contribution in [0, 0.1) is 17.7 Å². The molecule has 0 aromatic heterocycles. The molecule has 0 bridgehead atoms. The fourth-order valence-electron chi connectivity index (χ4n) is 1.78. The van der Waals surface area contributed by atoms with Gasteiger partial charge in [-0.1, -0.05) is 37.6 Å². The Morgan fingerprint density at radius 2 is 2.00 bits per heavy atom. The molecule has 1 nitrogen and oxygen atoms in total. The van der Waals surface area contributed by atoms with Crippen LogP contribution in [0.1, 0.15) is 19.4 Å². The predicted octanol–water partition coefficient (Wildman–Crippen LogP) is 3.51. The van der Waals surface area contributed by atoms with Crippen molar-refractivity contribution in [3.8, 4) is 0 Å². The van der Waals surface area contributed by atoms with Crippen LogP contribution in [0.3, 0.4) is 0 Å². The largest absolute Gasteiger partial charge is 0.319 e. The van der Waals surface area contributed by atoms with Gasteiger partial charge in [0.2, 0.25) is 0 Å². The molecule has 0 saturated heterocycles. The van der Waals surface area contributed by atoms with Gasteiger partial charge in [0, 0.05) is 0 Å². The van der Waals surface area contributed by atoms with E-state index in [1.807, 2.05) is 13.1 Å². The summed E-state index contributed by atoms with van der Waals surface area (Å²) in [6.45, 7) is 5.26. The van der Waals surface area contributed by atoms with E-state index in [2.05, 4.69) is 19.2 Å². The Morgan fingerprint density at radius 1 is 1.31 bits per heavy atom. The molecule has 1 aromatic carbocycles. The molecular weight excluding hydrogens is 225 g/mol. The zero-order valence-corrected chi connectivity index (χ0v) is 10.8. The van der Waals surface area contributed by atoms with Gasteiger partial charge in [-0.25, -0.2) is 4.39 Å². The lowest BCUT2D eigenvalue weighted by molar-refractivity contribution is 0.370. The quantitative estimate of drug-likeness (QED) is 0.835. The Morgan fingerprint density at radius 3 is 2.62 bits per heavy atom. The highest BCUT2D eigenvalue weighted by molar-refractivity contribution is 6.30. The summed E-state index contributed by atoms with van der Waals surface area (Å²) < 4.78 is 13.7. The molecule has 0 radical (unpaired) electrons. The number of halogens is 2. The third kappa shape index (κ3) is 3.46. The zero-order chi connectivity index (χ0) is 12.1. The van der Waals surface area contributed by atoms with Gasteiger partial charge in [0.05, 0.1) is 5.02 Å². The molecule has 1 N–H and O–H groups in total. The summed E-state index contributed by atoms with van der Waals surface area (Å²) >= 11 is 5.75. The van der Waals surface area contributed by atoms with E-state index in [0.29, 0.717) is 17.4 Å². The van der Waals surface area contributed by atoms with E-state index < -0.39 is 0 Å². The first-order valence-electron chi connectivity index (χ1n) is 5.63. The molecule has 1 rings (SSSR count). The summed E-state index contributed by atoms with van der Waals surface area (Å²) in [6, 6.07) is 5.20. The fourth-order valence-corrected chi connectivity index (χ4v) is 1.97. The minimum absolute atomic E-state index is 0.214. The van der Waals surface area contributed by atoms with Gasteiger partial charge in [-0.05, 0) is 43.5 Å². The third-order valence-corrected chi connectivity index (χ3v) is 3.36. The highest BCUT2D eigenvalue weighted by Crippen LogP contribution is 2.23. The maximum Gasteiger partial charge on any atom is 0.144 e. The van der Waals surface area contributed by atoms with Crippen molar-refractivity contribution in [3.05, 3.63) is 34.6 Å². The van der Waals surface area contributed by atoms with E-state index in [1.54, 1.807) is 12.1 Å². The summed E-state index contributed by atoms with van der Waals surface area (Å²) in [5.74, 6) is 0.677. The van der Waals surface area contributed by atoms with Crippen LogP contribution in [0.2, 0.25) is 5.02 Å². The SMILES string of the molecule is CNCC(C)C(C)Cc1cccc(Cl)c1F. The fraction of sp³-hybridized carbons (Fsp3) is 0.538. The molecule has 1 aromatic rings. The Balaban J connectivity index is 2.69. The molecule has 2 unspecified atom stereocenters. The normalized spacial score (nSPS) is 14.8. The summed E-state index contributed by atoms with van der Waals surface area (Å²) in [5.41, 5.74) is 0.711. The average Bonchev–Trinajstić information content (AvgIpc) is 2.25. The van der Waals surface area contributed by atoms with Gasteiger partial charge >= 0.3 is 0 Å². The second-order valence-corrected chi connectivity index (χ2v) is 4.84. The van der Waals surface area contributed by atoms with Gasteiger partial charge in [-0.2, -0.15) is 0 Å². The predicted molar refractivity (Wildman–Crippen MR) is 67.4 cm³/mol. The van der Waals surface area contributed by atoms with E-state index in [0.717, 1.165) is 13.0 Å². The highest BCUT2D eigenvalue weighted by atomic mass is 35.5. The molecular formula is C13H19ClFN. The molecule has 3 heteroatoms. The topological polar surface area (TPSA) is 12.0 Å². The Hall–Kier alpha value is -0.600. The van der Waals surface area contributed by atoms with Crippen LogP contribution in [-0.4, -0.2) is 13.6 Å². The van der Waals surface area contributed by atoms with Gasteiger partial charge in [0.25, 0.3) is 0 Å². The zero-order valence-electron chi connectivity index (χ0n) is 10.1. The third-order valence-electron chi connectivity index (χ3n) is 3.07. The van der Waals surface area contributed by atoms with Gasteiger partial charge in [0.1, 0.15) is 5.82 Å². The van der Waals surface area contributed by atoms with Crippen LogP contribution in [0.5, 0.6) is 0 Å². The van der Waals surface area contributed by atoms with E-state index in [-0.39, 0.29) is 10.8 Å². The number of rotatable bonds is 5. The van der Waals surface area contributed by atoms with Crippen molar-refractivity contribution >= 4 is 11.6 Å². The first-order chi connectivity index (χ1) is 7.56. The monoisotopic (exact) mass is 243 g/mol. The Labute approximate surface area is 102 Å². The molecule has 2 atom stereocenters. The average molecular weight is 244 g/mol. The van der Waals surface area contributed by atoms with Crippen LogP contribution in [0.15, 0.2) is 18.2 Å². The molecule has 0 fully saturated rings. The second kappa shape index (κ2) is 6.21. The van der Waals surface area contributed by atoms with Crippen molar-refractivity contribution in [1.29, 1.82) is 0 Å². The maximum atomic E-state index is 13.7. The molecule has 0 spiro atoms. The van der Waals surface area contributed by atoms with Crippen molar-refractivity contribution in [2.24, 2.45) is 11.8 Å². The van der Waals surface area contributed by atoms with E-state index in [4.69, 9.17) is 11.6 Å². The van der Waals surface area contributed by atoms with E-state index in [9.17, 15) is 4.39 Å². The van der Waals surface area contributed by atoms with Crippen LogP contribution in [0.25, 0.3) is 0 Å². The summed E-state index contributed by atoms with van der Waals surface area (Å²) in [7, 11) is 1.93. The summed E-state index contributed by atoms with van der Waals surface area (Å²) in [5, 5.41) is 3.35. The van der Waals surface area contributed by atoms with Crippen LogP contribution in [0.4, 0.5) is 4.39 Å². The Kier molecular flexibility index (Phi) is 5.23. The van der Waals surface area contributed by atoms with Crippen molar-refractivity contribution in [2.45, 2.75) is 20.3 Å². The first-order valence-corrected chi connectivity index (χ1v) is 6.01. The molecule has 0 heterocycles. The lowest BCUT2D eigenvalue weighted by Gasteiger charge is -2.20. The van der Waals surface area contributed by atoms with Crippen LogP contribution in [-0.2, 0) is 6.42 Å². The minimum atomic E-state index is -0.271. The summed E-state index contributed by atoms with van der Waals surface area (Å²) in [6.07, 6.45) is 0.731. The van der Waals surface area contributed by atoms with E-state index in [1.165, 1.54) is 0 Å². The highest BCUT2D eigenvalue weighted by Gasteiger charge is 2.15. The van der Waals surface area contributed by atoms with Gasteiger partial charge in [-0.3, -0.25) is 0 Å². The van der Waals surface area contributed by atoms with Crippen molar-refractivity contribution in [3.63, 3.8) is 0 Å². The molecule has 0 aliphatic rings. The first kappa shape index (κ1) is 13.5. The van der Waals surface area contributed by atoms with Crippen molar-refractivity contribution in [2.75, 3.05) is 13.6 Å². The van der Waals surface area contributed by atoms with Crippen LogP contribution < -0.4 is 5.32 Å². The number of hydrogen-bond acceptors (Lipinski definition) is 1. The smallest absolute Gasteiger partial charge is 0.144 e. The lowest BCUT2D eigenvalue weighted by Crippen LogP contribution is -2.23. The second-order valence-electron chi connectivity index (χ2n) is 4.43. The van der Waals surface area contributed by atoms with Gasteiger partial charge in [0.15, 0.2) is 0 Å². The molecule has 0 aliphatic heterocycles. The lowest BCUT2D eigenvalue weighted by atomic mass is 9.89. The number of nitrogens with one attached hydrogen (secondary N) is 1. The maximum absolute atomic E-state index is 13.7. The van der Waals surface area contributed by atoms with Crippen molar-refractivity contribution in [1.82, 2.24) is 5.32 Å². The van der Waals surface area contributed by atoms with Crippen LogP contribution >= 0.6 is 11.6 Å². The van der Waals surface area contributed by atoms with Gasteiger partial charge < -0.3 is 5.32 Å².